The van der Waals surface area contributed by atoms with Crippen molar-refractivity contribution in [3.05, 3.63) is 60.0 Å². The first-order chi connectivity index (χ1) is 18.6. The highest BCUT2D eigenvalue weighted by Gasteiger charge is 2.53. The molecule has 3 aromatic rings. The number of nitrogens with zero attached hydrogens (tertiary/aromatic N) is 4. The minimum atomic E-state index is -0.281. The molecule has 8 nitrogen and oxygen atoms in total. The standard InChI is InChI=1S/C31H42N6O2/c1-21(13-17-37-20-36(5)28-26(37)27(32)34-19-35-28)11-14-30(3)22(2)12-15-31(4)23(8-6-10-25(30)31)18-39-29(38)24-9-7-16-33-24/h7-9,13,16,19-20,22,25H,6,10-12,14-15,17-18H2,1-5H3,(H2-,32,33,34,35,38)/p+1/t22-,25-,30+,31-/m0/s1. The molecule has 3 heterocycles. The lowest BCUT2D eigenvalue weighted by Crippen LogP contribution is -2.50. The lowest BCUT2D eigenvalue weighted by atomic mass is 9.47. The van der Waals surface area contributed by atoms with Crippen LogP contribution in [0.15, 0.2) is 54.3 Å². The first-order valence-electron chi connectivity index (χ1n) is 14.2. The fraction of sp³-hybridized carbons (Fsp3) is 0.548. The van der Waals surface area contributed by atoms with Gasteiger partial charge in [-0.1, -0.05) is 43.5 Å². The smallest absolute Gasteiger partial charge is 0.355 e. The number of aromatic nitrogens is 5. The molecule has 0 amide bonds. The van der Waals surface area contributed by atoms with E-state index in [2.05, 4.69) is 59.4 Å². The number of anilines is 1. The summed E-state index contributed by atoms with van der Waals surface area (Å²) in [6.07, 6.45) is 16.8. The Kier molecular flexibility index (Phi) is 7.40. The Morgan fingerprint density at radius 3 is 2.92 bits per heavy atom. The molecule has 0 radical (unpaired) electrons. The minimum absolute atomic E-state index is 0.0590. The number of carbonyl (C=O) groups excluding carboxylic acids is 1. The summed E-state index contributed by atoms with van der Waals surface area (Å²) in [7, 11) is 1.98. The van der Waals surface area contributed by atoms with E-state index in [-0.39, 0.29) is 16.8 Å². The predicted octanol–water partition coefficient (Wildman–Crippen LogP) is 5.53. The largest absolute Gasteiger partial charge is 0.456 e. The van der Waals surface area contributed by atoms with Gasteiger partial charge in [-0.15, -0.1) is 0 Å². The number of fused-ring (bicyclic) bond motifs is 2. The van der Waals surface area contributed by atoms with Crippen LogP contribution < -0.4 is 10.3 Å². The van der Waals surface area contributed by atoms with Crippen molar-refractivity contribution in [2.24, 2.45) is 29.7 Å². The number of aryl methyl sites for hydroxylation is 1. The second-order valence-electron chi connectivity index (χ2n) is 12.2. The molecule has 0 saturated heterocycles. The highest BCUT2D eigenvalue weighted by atomic mass is 16.5. The van der Waals surface area contributed by atoms with Crippen LogP contribution in [-0.2, 0) is 18.3 Å². The Labute approximate surface area is 231 Å². The SMILES string of the molecule is CC(=CCn1c[n+](C)c2ncnc(N)c21)CC[C@]1(C)[C@@H](C)CC[C@@]2(C)C(COC(=O)c3ccc[nH]3)=CCC[C@@H]12. The summed E-state index contributed by atoms with van der Waals surface area (Å²) in [5.74, 6) is 1.44. The first-order valence-corrected chi connectivity index (χ1v) is 14.2. The average Bonchev–Trinajstić information content (AvgIpc) is 3.57. The van der Waals surface area contributed by atoms with Gasteiger partial charge in [-0.3, -0.25) is 4.57 Å². The molecule has 0 bridgehead atoms. The van der Waals surface area contributed by atoms with Gasteiger partial charge in [0, 0.05) is 6.20 Å². The fourth-order valence-electron chi connectivity index (χ4n) is 7.30. The second kappa shape index (κ2) is 10.6. The number of allylic oxidation sites excluding steroid dienone is 3. The number of hydrogen-bond acceptors (Lipinski definition) is 5. The van der Waals surface area contributed by atoms with Crippen LogP contribution in [0.3, 0.4) is 0 Å². The summed E-state index contributed by atoms with van der Waals surface area (Å²) in [5, 5.41) is 0. The number of H-pyrrole nitrogens is 1. The number of hydrogen-bond donors (Lipinski definition) is 2. The predicted molar refractivity (Wildman–Crippen MR) is 153 cm³/mol. The maximum absolute atomic E-state index is 12.5. The van der Waals surface area contributed by atoms with Gasteiger partial charge in [-0.05, 0) is 85.8 Å². The van der Waals surface area contributed by atoms with Crippen LogP contribution in [-0.4, -0.2) is 32.1 Å². The van der Waals surface area contributed by atoms with Crippen LogP contribution in [0.2, 0.25) is 0 Å². The number of nitrogen functional groups attached to an aromatic ring is 1. The van der Waals surface area contributed by atoms with Crippen molar-refractivity contribution in [3.8, 4) is 0 Å². The van der Waals surface area contributed by atoms with Gasteiger partial charge in [0.15, 0.2) is 18.5 Å². The molecule has 1 saturated carbocycles. The normalized spacial score (nSPS) is 27.3. The number of nitrogens with two attached hydrogens (primary N) is 1. The summed E-state index contributed by atoms with van der Waals surface area (Å²) >= 11 is 0. The van der Waals surface area contributed by atoms with E-state index >= 15 is 0 Å². The maximum Gasteiger partial charge on any atom is 0.355 e. The van der Waals surface area contributed by atoms with Gasteiger partial charge >= 0.3 is 11.6 Å². The Bertz CT molecular complexity index is 1400. The van der Waals surface area contributed by atoms with Gasteiger partial charge < -0.3 is 15.5 Å². The van der Waals surface area contributed by atoms with E-state index in [9.17, 15) is 4.79 Å². The molecule has 2 aliphatic carbocycles. The monoisotopic (exact) mass is 531 g/mol. The van der Waals surface area contributed by atoms with Crippen molar-refractivity contribution >= 4 is 23.0 Å². The number of imidazole rings is 1. The molecule has 2 aliphatic rings. The molecule has 8 heteroatoms. The van der Waals surface area contributed by atoms with Crippen LogP contribution in [0.1, 0.15) is 76.7 Å². The summed E-state index contributed by atoms with van der Waals surface area (Å²) in [6, 6.07) is 3.58. The topological polar surface area (TPSA) is 103 Å². The van der Waals surface area contributed by atoms with Crippen molar-refractivity contribution in [2.45, 2.75) is 72.8 Å². The molecule has 39 heavy (non-hydrogen) atoms. The minimum Gasteiger partial charge on any atom is -0.456 e. The molecule has 1 fully saturated rings. The molecule has 4 atom stereocenters. The molecule has 208 valence electrons. The van der Waals surface area contributed by atoms with E-state index in [1.165, 1.54) is 30.3 Å². The zero-order valence-electron chi connectivity index (χ0n) is 24.0. The molecule has 3 aromatic heterocycles. The zero-order valence-corrected chi connectivity index (χ0v) is 24.0. The van der Waals surface area contributed by atoms with Crippen molar-refractivity contribution < 1.29 is 14.1 Å². The van der Waals surface area contributed by atoms with E-state index in [1.807, 2.05) is 24.0 Å². The van der Waals surface area contributed by atoms with Crippen LogP contribution in [0.5, 0.6) is 0 Å². The van der Waals surface area contributed by atoms with E-state index < -0.39 is 0 Å². The van der Waals surface area contributed by atoms with Crippen molar-refractivity contribution in [1.29, 1.82) is 0 Å². The van der Waals surface area contributed by atoms with Gasteiger partial charge in [-0.25, -0.2) is 9.36 Å². The quantitative estimate of drug-likeness (QED) is 0.226. The molecular formula is C31H43N6O2+. The van der Waals surface area contributed by atoms with Crippen LogP contribution in [0, 0.1) is 22.7 Å². The van der Waals surface area contributed by atoms with Gasteiger partial charge in [0.1, 0.15) is 12.3 Å². The maximum atomic E-state index is 12.5. The molecular weight excluding hydrogens is 488 g/mol. The summed E-state index contributed by atoms with van der Waals surface area (Å²) in [5.41, 5.74) is 11.4. The van der Waals surface area contributed by atoms with Crippen LogP contribution in [0.25, 0.3) is 11.2 Å². The molecule has 5 rings (SSSR count). The number of esters is 1. The highest BCUT2D eigenvalue weighted by Crippen LogP contribution is 2.62. The van der Waals surface area contributed by atoms with Crippen molar-refractivity contribution in [2.75, 3.05) is 12.3 Å². The number of carbonyl (C=O) groups is 1. The number of ether oxygens (including phenoxy) is 1. The Morgan fingerprint density at radius 1 is 1.33 bits per heavy atom. The van der Waals surface area contributed by atoms with Gasteiger partial charge in [-0.2, -0.15) is 4.98 Å². The fourth-order valence-corrected chi connectivity index (χ4v) is 7.30. The number of rotatable bonds is 8. The molecule has 0 aliphatic heterocycles. The van der Waals surface area contributed by atoms with Gasteiger partial charge in [0.05, 0.1) is 13.6 Å². The number of aromatic amines is 1. The van der Waals surface area contributed by atoms with E-state index in [0.717, 1.165) is 43.4 Å². The lowest BCUT2D eigenvalue weighted by Gasteiger charge is -2.58. The molecule has 0 unspecified atom stereocenters. The third-order valence-corrected chi connectivity index (χ3v) is 10.0. The molecule has 0 aromatic carbocycles. The Morgan fingerprint density at radius 2 is 2.15 bits per heavy atom. The summed E-state index contributed by atoms with van der Waals surface area (Å²) in [6.45, 7) is 10.7. The van der Waals surface area contributed by atoms with E-state index in [0.29, 0.717) is 30.0 Å². The Hall–Kier alpha value is -3.42. The van der Waals surface area contributed by atoms with E-state index in [4.69, 9.17) is 10.5 Å². The summed E-state index contributed by atoms with van der Waals surface area (Å²) in [4.78, 5) is 24.1. The molecule has 3 N–H and O–H groups in total. The average molecular weight is 532 g/mol. The first kappa shape index (κ1) is 27.2. The third-order valence-electron chi connectivity index (χ3n) is 10.0. The van der Waals surface area contributed by atoms with Gasteiger partial charge in [0.2, 0.25) is 5.52 Å². The van der Waals surface area contributed by atoms with Crippen molar-refractivity contribution in [3.63, 3.8) is 0 Å². The highest BCUT2D eigenvalue weighted by molar-refractivity contribution is 5.87. The van der Waals surface area contributed by atoms with Crippen molar-refractivity contribution in [1.82, 2.24) is 19.5 Å². The third kappa shape index (κ3) is 5.01. The zero-order chi connectivity index (χ0) is 27.8. The number of nitrogens with one attached hydrogen (secondary N) is 1. The summed E-state index contributed by atoms with van der Waals surface area (Å²) < 4.78 is 9.90. The van der Waals surface area contributed by atoms with E-state index in [1.54, 1.807) is 12.3 Å². The second-order valence-corrected chi connectivity index (χ2v) is 12.2. The van der Waals surface area contributed by atoms with Crippen LogP contribution >= 0.6 is 0 Å². The molecule has 0 spiro atoms. The Balaban J connectivity index is 1.28. The lowest BCUT2D eigenvalue weighted by molar-refractivity contribution is -0.647. The van der Waals surface area contributed by atoms with Gasteiger partial charge in [0.25, 0.3) is 0 Å². The van der Waals surface area contributed by atoms with Crippen LogP contribution in [0.4, 0.5) is 5.82 Å².